The average Bonchev–Trinajstić information content (AvgIpc) is 2.81. The first-order chi connectivity index (χ1) is 16.2. The van der Waals surface area contributed by atoms with Gasteiger partial charge in [-0.2, -0.15) is 0 Å². The summed E-state index contributed by atoms with van der Waals surface area (Å²) in [6, 6.07) is 12.0. The van der Waals surface area contributed by atoms with Crippen LogP contribution >= 0.6 is 0 Å². The van der Waals surface area contributed by atoms with Gasteiger partial charge in [0.1, 0.15) is 11.6 Å². The Kier molecular flexibility index (Phi) is 9.16. The summed E-state index contributed by atoms with van der Waals surface area (Å²) in [7, 11) is 0. The number of hydrogen-bond acceptors (Lipinski definition) is 3. The predicted molar refractivity (Wildman–Crippen MR) is 129 cm³/mol. The Balaban J connectivity index is 1.54. The van der Waals surface area contributed by atoms with Crippen LogP contribution in [0.3, 0.4) is 0 Å². The molecule has 2 aromatic rings. The van der Waals surface area contributed by atoms with Gasteiger partial charge in [-0.1, -0.05) is 38.1 Å². The first kappa shape index (κ1) is 25.8. The SMILES string of the molecule is CC(C)C[C@H](N)C(=O)NC1CCN(C(=O)CCC(c2ccc(F)cc2)c2ccc(F)cc2)CC1. The number of nitrogens with one attached hydrogen (secondary N) is 1. The molecule has 1 heterocycles. The highest BCUT2D eigenvalue weighted by Gasteiger charge is 2.26. The number of carbonyl (C=O) groups excluding carboxylic acids is 2. The van der Waals surface area contributed by atoms with E-state index < -0.39 is 6.04 Å². The highest BCUT2D eigenvalue weighted by atomic mass is 19.1. The first-order valence-electron chi connectivity index (χ1n) is 12.1. The zero-order chi connectivity index (χ0) is 24.7. The minimum atomic E-state index is -0.505. The quantitative estimate of drug-likeness (QED) is 0.571. The zero-order valence-corrected chi connectivity index (χ0v) is 20.0. The minimum Gasteiger partial charge on any atom is -0.352 e. The average molecular weight is 472 g/mol. The van der Waals surface area contributed by atoms with E-state index in [-0.39, 0.29) is 35.4 Å². The van der Waals surface area contributed by atoms with Crippen LogP contribution < -0.4 is 11.1 Å². The van der Waals surface area contributed by atoms with E-state index in [2.05, 4.69) is 5.32 Å². The van der Waals surface area contributed by atoms with Crippen molar-refractivity contribution in [3.63, 3.8) is 0 Å². The van der Waals surface area contributed by atoms with Gasteiger partial charge in [-0.3, -0.25) is 9.59 Å². The monoisotopic (exact) mass is 471 g/mol. The lowest BCUT2D eigenvalue weighted by Crippen LogP contribution is -2.50. The summed E-state index contributed by atoms with van der Waals surface area (Å²) in [5.41, 5.74) is 7.75. The molecule has 0 radical (unpaired) electrons. The van der Waals surface area contributed by atoms with Crippen molar-refractivity contribution in [1.29, 1.82) is 0 Å². The van der Waals surface area contributed by atoms with Crippen LogP contribution in [0.15, 0.2) is 48.5 Å². The van der Waals surface area contributed by atoms with Gasteiger partial charge in [0.05, 0.1) is 6.04 Å². The fourth-order valence-corrected chi connectivity index (χ4v) is 4.54. The third-order valence-corrected chi connectivity index (χ3v) is 6.45. The van der Waals surface area contributed by atoms with Crippen molar-refractivity contribution in [2.75, 3.05) is 13.1 Å². The van der Waals surface area contributed by atoms with Crippen LogP contribution in [0.1, 0.15) is 63.0 Å². The van der Waals surface area contributed by atoms with E-state index >= 15 is 0 Å². The molecule has 0 aliphatic carbocycles. The second kappa shape index (κ2) is 12.1. The maximum atomic E-state index is 13.4. The minimum absolute atomic E-state index is 0.0286. The molecule has 1 fully saturated rings. The Hall–Kier alpha value is -2.80. The second-order valence-electron chi connectivity index (χ2n) is 9.59. The van der Waals surface area contributed by atoms with E-state index in [1.165, 1.54) is 24.3 Å². The van der Waals surface area contributed by atoms with Crippen LogP contribution in [-0.4, -0.2) is 41.9 Å². The maximum Gasteiger partial charge on any atom is 0.237 e. The molecule has 0 unspecified atom stereocenters. The molecule has 1 saturated heterocycles. The third kappa shape index (κ3) is 7.35. The molecule has 1 atom stereocenters. The Bertz CT molecular complexity index is 894. The van der Waals surface area contributed by atoms with Gasteiger partial charge in [0, 0.05) is 31.5 Å². The summed E-state index contributed by atoms with van der Waals surface area (Å²) in [5.74, 6) is -0.496. The molecule has 1 aliphatic heterocycles. The fraction of sp³-hybridized carbons (Fsp3) is 0.481. The van der Waals surface area contributed by atoms with Crippen molar-refractivity contribution >= 4 is 11.8 Å². The Morgan fingerprint density at radius 3 is 1.94 bits per heavy atom. The summed E-state index contributed by atoms with van der Waals surface area (Å²) in [4.78, 5) is 27.1. The Morgan fingerprint density at radius 2 is 1.47 bits per heavy atom. The van der Waals surface area contributed by atoms with Crippen molar-refractivity contribution < 1.29 is 18.4 Å². The number of hydrogen-bond donors (Lipinski definition) is 2. The van der Waals surface area contributed by atoms with Crippen LogP contribution in [0.25, 0.3) is 0 Å². The number of amides is 2. The molecule has 0 aromatic heterocycles. The summed E-state index contributed by atoms with van der Waals surface area (Å²) in [6.07, 6.45) is 2.91. The molecule has 2 aromatic carbocycles. The molecule has 7 heteroatoms. The van der Waals surface area contributed by atoms with Crippen molar-refractivity contribution in [2.45, 2.75) is 64.0 Å². The topological polar surface area (TPSA) is 75.4 Å². The molecule has 184 valence electrons. The first-order valence-corrected chi connectivity index (χ1v) is 12.1. The molecule has 3 N–H and O–H groups in total. The van der Waals surface area contributed by atoms with Crippen molar-refractivity contribution in [1.82, 2.24) is 10.2 Å². The van der Waals surface area contributed by atoms with Gasteiger partial charge in [-0.25, -0.2) is 8.78 Å². The summed E-state index contributed by atoms with van der Waals surface area (Å²) in [6.45, 7) is 5.24. The highest BCUT2D eigenvalue weighted by molar-refractivity contribution is 5.81. The highest BCUT2D eigenvalue weighted by Crippen LogP contribution is 2.30. The van der Waals surface area contributed by atoms with Crippen molar-refractivity contribution in [2.24, 2.45) is 11.7 Å². The summed E-state index contributed by atoms with van der Waals surface area (Å²) < 4.78 is 26.9. The molecule has 0 saturated carbocycles. The molecule has 2 amide bonds. The number of piperidine rings is 1. The number of rotatable bonds is 9. The Labute approximate surface area is 200 Å². The summed E-state index contributed by atoms with van der Waals surface area (Å²) >= 11 is 0. The molecular weight excluding hydrogens is 436 g/mol. The number of halogens is 2. The van der Waals surface area contributed by atoms with Gasteiger partial charge in [0.25, 0.3) is 0 Å². The molecule has 34 heavy (non-hydrogen) atoms. The van der Waals surface area contributed by atoms with Gasteiger partial charge in [0.15, 0.2) is 0 Å². The van der Waals surface area contributed by atoms with Gasteiger partial charge >= 0.3 is 0 Å². The van der Waals surface area contributed by atoms with Crippen LogP contribution in [0.5, 0.6) is 0 Å². The van der Waals surface area contributed by atoms with E-state index in [0.717, 1.165) is 11.1 Å². The maximum absolute atomic E-state index is 13.4. The standard InChI is InChI=1S/C27H35F2N3O2/c1-18(2)17-25(30)27(34)31-23-13-15-32(16-14-23)26(33)12-11-24(19-3-7-21(28)8-4-19)20-5-9-22(29)10-6-20/h3-10,18,23-25H,11-17,30H2,1-2H3,(H,31,34)/t25-/m0/s1. The van der Waals surface area contributed by atoms with Crippen molar-refractivity contribution in [3.05, 3.63) is 71.3 Å². The Morgan fingerprint density at radius 1 is 0.971 bits per heavy atom. The largest absolute Gasteiger partial charge is 0.352 e. The normalized spacial score (nSPS) is 15.6. The lowest BCUT2D eigenvalue weighted by atomic mass is 9.87. The van der Waals surface area contributed by atoms with Crippen LogP contribution in [0, 0.1) is 17.6 Å². The summed E-state index contributed by atoms with van der Waals surface area (Å²) in [5, 5.41) is 3.02. The van der Waals surface area contributed by atoms with Gasteiger partial charge < -0.3 is 16.0 Å². The third-order valence-electron chi connectivity index (χ3n) is 6.45. The van der Waals surface area contributed by atoms with E-state index in [0.29, 0.717) is 51.1 Å². The van der Waals surface area contributed by atoms with Crippen LogP contribution in [0.2, 0.25) is 0 Å². The zero-order valence-electron chi connectivity index (χ0n) is 20.0. The van der Waals surface area contributed by atoms with Crippen LogP contribution in [-0.2, 0) is 9.59 Å². The number of nitrogens with zero attached hydrogens (tertiary/aromatic N) is 1. The van der Waals surface area contributed by atoms with Gasteiger partial charge in [-0.05, 0) is 67.0 Å². The molecule has 0 bridgehead atoms. The molecule has 5 nitrogen and oxygen atoms in total. The smallest absolute Gasteiger partial charge is 0.237 e. The fourth-order valence-electron chi connectivity index (χ4n) is 4.54. The predicted octanol–water partition coefficient (Wildman–Crippen LogP) is 4.36. The van der Waals surface area contributed by atoms with E-state index in [1.54, 1.807) is 24.3 Å². The lowest BCUT2D eigenvalue weighted by Gasteiger charge is -2.33. The number of carbonyl (C=O) groups is 2. The molecular formula is C27H35F2N3O2. The molecule has 3 rings (SSSR count). The van der Waals surface area contributed by atoms with E-state index in [4.69, 9.17) is 5.73 Å². The lowest BCUT2D eigenvalue weighted by molar-refractivity contribution is -0.132. The second-order valence-corrected chi connectivity index (χ2v) is 9.59. The van der Waals surface area contributed by atoms with Gasteiger partial charge in [0.2, 0.25) is 11.8 Å². The number of nitrogens with two attached hydrogens (primary N) is 1. The molecule has 1 aliphatic rings. The van der Waals surface area contributed by atoms with E-state index in [1.807, 2.05) is 18.7 Å². The number of benzene rings is 2. The number of likely N-dealkylation sites (tertiary alicyclic amines) is 1. The molecule has 0 spiro atoms. The van der Waals surface area contributed by atoms with Crippen LogP contribution in [0.4, 0.5) is 8.78 Å². The van der Waals surface area contributed by atoms with Gasteiger partial charge in [-0.15, -0.1) is 0 Å². The van der Waals surface area contributed by atoms with Crippen molar-refractivity contribution in [3.8, 4) is 0 Å². The van der Waals surface area contributed by atoms with E-state index in [9.17, 15) is 18.4 Å².